The number of rotatable bonds is 2. The third-order valence-corrected chi connectivity index (χ3v) is 3.72. The Morgan fingerprint density at radius 1 is 1.39 bits per heavy atom. The van der Waals surface area contributed by atoms with Gasteiger partial charge in [-0.2, -0.15) is 0 Å². The fourth-order valence-corrected chi connectivity index (χ4v) is 2.87. The number of H-pyrrole nitrogens is 2. The summed E-state index contributed by atoms with van der Waals surface area (Å²) in [4.78, 5) is 10.3. The average molecular weight is 326 g/mol. The van der Waals surface area contributed by atoms with Crippen molar-refractivity contribution in [2.45, 2.75) is 6.92 Å². The molecule has 0 fully saturated rings. The Bertz CT molecular complexity index is 703. The lowest BCUT2D eigenvalue weighted by Crippen LogP contribution is -1.95. The second-order valence-electron chi connectivity index (χ2n) is 4.00. The number of anilines is 2. The summed E-state index contributed by atoms with van der Waals surface area (Å²) in [6.07, 6.45) is 5.25. The molecule has 2 aromatic heterocycles. The van der Waals surface area contributed by atoms with Crippen LogP contribution in [-0.2, 0) is 0 Å². The lowest BCUT2D eigenvalue weighted by atomic mass is 10.1. The molecule has 3 N–H and O–H groups in total. The molecule has 18 heavy (non-hydrogen) atoms. The van der Waals surface area contributed by atoms with Crippen molar-refractivity contribution in [3.8, 4) is 0 Å². The maximum atomic E-state index is 6.24. The number of aryl methyl sites for hydroxylation is 1. The van der Waals surface area contributed by atoms with Crippen molar-refractivity contribution in [3.63, 3.8) is 0 Å². The van der Waals surface area contributed by atoms with Crippen molar-refractivity contribution < 1.29 is 0 Å². The largest absolute Gasteiger partial charge is 0.359 e. The first kappa shape index (κ1) is 11.6. The summed E-state index contributed by atoms with van der Waals surface area (Å²) in [6.45, 7) is 2.04. The molecule has 0 aliphatic carbocycles. The second-order valence-corrected chi connectivity index (χ2v) is 5.26. The summed E-state index contributed by atoms with van der Waals surface area (Å²) in [6, 6.07) is 2.04. The number of hydrogen-bond acceptors (Lipinski definition) is 2. The minimum atomic E-state index is 0.679. The summed E-state index contributed by atoms with van der Waals surface area (Å²) in [7, 11) is 0. The topological polar surface area (TPSA) is 56.5 Å². The van der Waals surface area contributed by atoms with Crippen LogP contribution in [-0.4, -0.2) is 15.0 Å². The molecule has 0 amide bonds. The summed E-state index contributed by atoms with van der Waals surface area (Å²) >= 11 is 9.80. The Balaban J connectivity index is 2.24. The summed E-state index contributed by atoms with van der Waals surface area (Å²) in [5.41, 5.74) is 3.06. The highest BCUT2D eigenvalue weighted by Gasteiger charge is 2.14. The summed E-state index contributed by atoms with van der Waals surface area (Å²) in [5.74, 6) is 0.679. The van der Waals surface area contributed by atoms with Crippen LogP contribution in [0.5, 0.6) is 0 Å². The van der Waals surface area contributed by atoms with Gasteiger partial charge < -0.3 is 15.3 Å². The summed E-state index contributed by atoms with van der Waals surface area (Å²) in [5, 5.41) is 4.87. The molecule has 0 radical (unpaired) electrons. The van der Waals surface area contributed by atoms with Crippen LogP contribution < -0.4 is 5.32 Å². The highest BCUT2D eigenvalue weighted by Crippen LogP contribution is 2.38. The molecular weight excluding hydrogens is 316 g/mol. The number of fused-ring (bicyclic) bond motifs is 1. The van der Waals surface area contributed by atoms with E-state index in [4.69, 9.17) is 11.6 Å². The van der Waals surface area contributed by atoms with Crippen LogP contribution in [0.4, 0.5) is 11.6 Å². The third kappa shape index (κ3) is 1.79. The average Bonchev–Trinajstić information content (AvgIpc) is 2.94. The lowest BCUT2D eigenvalue weighted by Gasteiger charge is -2.10. The number of nitrogens with zero attached hydrogens (tertiary/aromatic N) is 1. The van der Waals surface area contributed by atoms with Gasteiger partial charge in [0, 0.05) is 28.4 Å². The minimum absolute atomic E-state index is 0.679. The van der Waals surface area contributed by atoms with Crippen LogP contribution in [0.3, 0.4) is 0 Å². The van der Waals surface area contributed by atoms with E-state index in [2.05, 4.69) is 36.2 Å². The van der Waals surface area contributed by atoms with E-state index >= 15 is 0 Å². The standard InChI is InChI=1S/C12H10BrClN4/c1-6-4-7(13)11(18-12-15-2-3-16-12)9-8(14)5-17-10(6)9/h2-5,17H,1H3,(H2,15,16,18). The molecule has 0 atom stereocenters. The molecular formula is C12H10BrClN4. The lowest BCUT2D eigenvalue weighted by molar-refractivity contribution is 1.29. The van der Waals surface area contributed by atoms with Crippen LogP contribution in [0.1, 0.15) is 5.56 Å². The molecule has 1 aromatic carbocycles. The molecule has 0 saturated carbocycles. The monoisotopic (exact) mass is 324 g/mol. The molecule has 0 saturated heterocycles. The zero-order valence-electron chi connectivity index (χ0n) is 9.51. The number of aromatic nitrogens is 3. The van der Waals surface area contributed by atoms with E-state index in [1.807, 2.05) is 13.0 Å². The van der Waals surface area contributed by atoms with Crippen molar-refractivity contribution in [3.05, 3.63) is 39.7 Å². The Morgan fingerprint density at radius 2 is 2.22 bits per heavy atom. The highest BCUT2D eigenvalue weighted by molar-refractivity contribution is 9.10. The van der Waals surface area contributed by atoms with E-state index in [1.165, 1.54) is 0 Å². The van der Waals surface area contributed by atoms with Crippen LogP contribution >= 0.6 is 27.5 Å². The quantitative estimate of drug-likeness (QED) is 0.655. The zero-order valence-corrected chi connectivity index (χ0v) is 11.9. The van der Waals surface area contributed by atoms with Gasteiger partial charge in [0.15, 0.2) is 0 Å². The van der Waals surface area contributed by atoms with Gasteiger partial charge in [0.25, 0.3) is 0 Å². The Hall–Kier alpha value is -1.46. The van der Waals surface area contributed by atoms with Gasteiger partial charge in [-0.25, -0.2) is 4.98 Å². The van der Waals surface area contributed by atoms with E-state index in [1.54, 1.807) is 18.6 Å². The van der Waals surface area contributed by atoms with E-state index in [9.17, 15) is 0 Å². The highest BCUT2D eigenvalue weighted by atomic mass is 79.9. The molecule has 0 spiro atoms. The molecule has 0 aliphatic heterocycles. The number of halogens is 2. The number of nitrogens with one attached hydrogen (secondary N) is 3. The second kappa shape index (κ2) is 4.33. The molecule has 3 rings (SSSR count). The normalized spacial score (nSPS) is 11.1. The van der Waals surface area contributed by atoms with Crippen molar-refractivity contribution in [1.29, 1.82) is 0 Å². The van der Waals surface area contributed by atoms with Crippen LogP contribution in [0, 0.1) is 6.92 Å². The first-order valence-electron chi connectivity index (χ1n) is 5.39. The van der Waals surface area contributed by atoms with Crippen molar-refractivity contribution in [2.75, 3.05) is 5.32 Å². The molecule has 0 unspecified atom stereocenters. The molecule has 4 nitrogen and oxygen atoms in total. The predicted octanol–water partition coefficient (Wildman–Crippen LogP) is 4.36. The van der Waals surface area contributed by atoms with Crippen molar-refractivity contribution in [1.82, 2.24) is 15.0 Å². The molecule has 6 heteroatoms. The van der Waals surface area contributed by atoms with Gasteiger partial charge in [-0.1, -0.05) is 11.6 Å². The molecule has 92 valence electrons. The number of hydrogen-bond donors (Lipinski definition) is 3. The SMILES string of the molecule is Cc1cc(Br)c(Nc2ncc[nH]2)c2c(Cl)c[nH]c12. The van der Waals surface area contributed by atoms with Gasteiger partial charge in [-0.05, 0) is 34.5 Å². The van der Waals surface area contributed by atoms with Crippen LogP contribution in [0.25, 0.3) is 10.9 Å². The zero-order chi connectivity index (χ0) is 12.7. The predicted molar refractivity (Wildman–Crippen MR) is 77.6 cm³/mol. The molecule has 0 bridgehead atoms. The number of aromatic amines is 2. The number of benzene rings is 1. The first-order chi connectivity index (χ1) is 8.66. The first-order valence-corrected chi connectivity index (χ1v) is 6.56. The Morgan fingerprint density at radius 3 is 2.94 bits per heavy atom. The van der Waals surface area contributed by atoms with E-state index < -0.39 is 0 Å². The van der Waals surface area contributed by atoms with Gasteiger partial charge in [0.2, 0.25) is 5.95 Å². The maximum Gasteiger partial charge on any atom is 0.204 e. The molecule has 2 heterocycles. The van der Waals surface area contributed by atoms with Crippen LogP contribution in [0.2, 0.25) is 5.02 Å². The van der Waals surface area contributed by atoms with E-state index in [0.717, 1.165) is 26.6 Å². The van der Waals surface area contributed by atoms with Crippen molar-refractivity contribution >= 4 is 50.1 Å². The van der Waals surface area contributed by atoms with E-state index in [-0.39, 0.29) is 0 Å². The Labute approximate surface area is 117 Å². The van der Waals surface area contributed by atoms with Gasteiger partial charge >= 0.3 is 0 Å². The van der Waals surface area contributed by atoms with Gasteiger partial charge in [0.05, 0.1) is 16.2 Å². The van der Waals surface area contributed by atoms with Crippen LogP contribution in [0.15, 0.2) is 29.1 Å². The fraction of sp³-hybridized carbons (Fsp3) is 0.0833. The Kier molecular flexibility index (Phi) is 2.80. The minimum Gasteiger partial charge on any atom is -0.359 e. The smallest absolute Gasteiger partial charge is 0.204 e. The van der Waals surface area contributed by atoms with Gasteiger partial charge in [-0.3, -0.25) is 0 Å². The van der Waals surface area contributed by atoms with Crippen molar-refractivity contribution in [2.24, 2.45) is 0 Å². The van der Waals surface area contributed by atoms with Gasteiger partial charge in [-0.15, -0.1) is 0 Å². The summed E-state index contributed by atoms with van der Waals surface area (Å²) < 4.78 is 0.949. The van der Waals surface area contributed by atoms with E-state index in [0.29, 0.717) is 11.0 Å². The van der Waals surface area contributed by atoms with Gasteiger partial charge in [0.1, 0.15) is 0 Å². The third-order valence-electron chi connectivity index (χ3n) is 2.80. The maximum absolute atomic E-state index is 6.24. The number of imidazole rings is 1. The molecule has 0 aliphatic rings. The molecule has 3 aromatic rings. The fourth-order valence-electron chi connectivity index (χ4n) is 1.98.